The number of nitrogens with one attached hydrogen (secondary N) is 2. The first-order chi connectivity index (χ1) is 13.9. The van der Waals surface area contributed by atoms with Gasteiger partial charge in [-0.05, 0) is 12.0 Å². The normalized spacial score (nSPS) is 18.0. The third-order valence-electron chi connectivity index (χ3n) is 5.41. The highest BCUT2D eigenvalue weighted by molar-refractivity contribution is 6.42. The van der Waals surface area contributed by atoms with E-state index in [4.69, 9.17) is 27.9 Å². The Morgan fingerprint density at radius 1 is 1.41 bits per heavy atom. The number of carbonyl (C=O) groups excluding carboxylic acids is 2. The summed E-state index contributed by atoms with van der Waals surface area (Å²) >= 11 is 12.7. The molecule has 9 heteroatoms. The van der Waals surface area contributed by atoms with Gasteiger partial charge in [0.05, 0.1) is 29.2 Å². The first-order valence-electron chi connectivity index (χ1n) is 9.50. The van der Waals surface area contributed by atoms with Crippen LogP contribution in [0, 0.1) is 5.92 Å². The highest BCUT2D eigenvalue weighted by Gasteiger charge is 2.37. The molecule has 1 aromatic heterocycles. The lowest BCUT2D eigenvalue weighted by atomic mass is 9.95. The summed E-state index contributed by atoms with van der Waals surface area (Å²) in [5, 5.41) is 3.62. The number of ether oxygens (including phenoxy) is 1. The van der Waals surface area contributed by atoms with Crippen molar-refractivity contribution in [3.8, 4) is 0 Å². The van der Waals surface area contributed by atoms with Gasteiger partial charge in [-0.25, -0.2) is 14.6 Å². The van der Waals surface area contributed by atoms with Gasteiger partial charge in [0.25, 0.3) is 0 Å². The summed E-state index contributed by atoms with van der Waals surface area (Å²) in [4.78, 5) is 34.7. The van der Waals surface area contributed by atoms with E-state index in [0.717, 1.165) is 5.69 Å². The quantitative estimate of drug-likeness (QED) is 0.691. The first kappa shape index (κ1) is 21.5. The van der Waals surface area contributed by atoms with Crippen LogP contribution >= 0.6 is 23.2 Å². The number of aromatic amines is 1. The van der Waals surface area contributed by atoms with E-state index in [1.54, 1.807) is 23.4 Å². The molecule has 2 amide bonds. The van der Waals surface area contributed by atoms with Crippen LogP contribution in [0.1, 0.15) is 43.3 Å². The topological polar surface area (TPSA) is 87.3 Å². The number of methoxy groups -OCH3 is 1. The van der Waals surface area contributed by atoms with Gasteiger partial charge in [-0.15, -0.1) is 0 Å². The predicted octanol–water partition coefficient (Wildman–Crippen LogP) is 3.96. The molecule has 0 aliphatic carbocycles. The number of nitrogens with zero attached hydrogens (tertiary/aromatic N) is 2. The molecule has 0 fully saturated rings. The zero-order valence-electron chi connectivity index (χ0n) is 16.5. The number of hydrogen-bond acceptors (Lipinski definition) is 4. The number of rotatable bonds is 5. The molecule has 0 radical (unpaired) electrons. The van der Waals surface area contributed by atoms with Crippen molar-refractivity contribution in [2.75, 3.05) is 13.7 Å². The zero-order chi connectivity index (χ0) is 21.1. The largest absolute Gasteiger partial charge is 0.467 e. The van der Waals surface area contributed by atoms with E-state index in [2.05, 4.69) is 15.3 Å². The molecule has 3 atom stereocenters. The van der Waals surface area contributed by atoms with Gasteiger partial charge in [0.15, 0.2) is 0 Å². The second-order valence-electron chi connectivity index (χ2n) is 7.09. The Bertz CT molecular complexity index is 902. The number of hydrogen-bond donors (Lipinski definition) is 2. The number of carbonyl (C=O) groups is 2. The summed E-state index contributed by atoms with van der Waals surface area (Å²) in [6.45, 7) is 4.29. The van der Waals surface area contributed by atoms with E-state index in [9.17, 15) is 9.59 Å². The van der Waals surface area contributed by atoms with Crippen LogP contribution < -0.4 is 5.32 Å². The molecule has 2 heterocycles. The predicted molar refractivity (Wildman–Crippen MR) is 111 cm³/mol. The number of benzene rings is 1. The lowest BCUT2D eigenvalue weighted by Gasteiger charge is -2.37. The van der Waals surface area contributed by atoms with Crippen molar-refractivity contribution in [3.63, 3.8) is 0 Å². The monoisotopic (exact) mass is 438 g/mol. The number of amides is 2. The van der Waals surface area contributed by atoms with Gasteiger partial charge in [0, 0.05) is 24.2 Å². The summed E-state index contributed by atoms with van der Waals surface area (Å²) in [5.41, 5.74) is 2.34. The van der Waals surface area contributed by atoms with Gasteiger partial charge < -0.3 is 19.9 Å². The Morgan fingerprint density at radius 2 is 2.17 bits per heavy atom. The smallest absolute Gasteiger partial charge is 0.328 e. The van der Waals surface area contributed by atoms with E-state index in [-0.39, 0.29) is 11.9 Å². The molecule has 3 rings (SSSR count). The average molecular weight is 439 g/mol. The van der Waals surface area contributed by atoms with E-state index < -0.39 is 18.1 Å². The first-order valence-corrected chi connectivity index (χ1v) is 10.3. The third-order valence-corrected chi connectivity index (χ3v) is 6.24. The molecule has 156 valence electrons. The molecule has 0 unspecified atom stereocenters. The maximum atomic E-state index is 13.3. The number of esters is 1. The molecule has 0 bridgehead atoms. The third kappa shape index (κ3) is 4.21. The Morgan fingerprint density at radius 3 is 2.86 bits per heavy atom. The van der Waals surface area contributed by atoms with E-state index >= 15 is 0 Å². The molecule has 0 spiro atoms. The minimum absolute atomic E-state index is 0.0784. The molecular weight excluding hydrogens is 415 g/mol. The SMILES string of the molecule is CC[C@@H](C)[C@H](NC(=O)N1CCc2[nH]cnc2[C@H]1c1cccc(Cl)c1Cl)C(=O)OC. The molecule has 29 heavy (non-hydrogen) atoms. The lowest BCUT2D eigenvalue weighted by Crippen LogP contribution is -2.53. The van der Waals surface area contributed by atoms with Gasteiger partial charge >= 0.3 is 12.0 Å². The summed E-state index contributed by atoms with van der Waals surface area (Å²) in [5.74, 6) is -0.548. The van der Waals surface area contributed by atoms with Crippen LogP contribution in [0.3, 0.4) is 0 Å². The van der Waals surface area contributed by atoms with Crippen LogP contribution in [-0.4, -0.2) is 46.6 Å². The fraction of sp³-hybridized carbons (Fsp3) is 0.450. The fourth-order valence-electron chi connectivity index (χ4n) is 3.55. The Hall–Kier alpha value is -2.25. The number of aromatic nitrogens is 2. The second-order valence-corrected chi connectivity index (χ2v) is 7.88. The Kier molecular flexibility index (Phi) is 6.70. The summed E-state index contributed by atoms with van der Waals surface area (Å²) in [7, 11) is 1.31. The maximum absolute atomic E-state index is 13.3. The summed E-state index contributed by atoms with van der Waals surface area (Å²) < 4.78 is 4.89. The van der Waals surface area contributed by atoms with Gasteiger partial charge in [0.1, 0.15) is 12.1 Å². The van der Waals surface area contributed by atoms with Crippen LogP contribution in [0.2, 0.25) is 10.0 Å². The van der Waals surface area contributed by atoms with Gasteiger partial charge in [0.2, 0.25) is 0 Å². The van der Waals surface area contributed by atoms with Crippen molar-refractivity contribution < 1.29 is 14.3 Å². The standard InChI is InChI=1S/C20H24Cl2N4O3/c1-4-11(2)16(19(27)29-3)25-20(28)26-9-8-14-17(24-10-23-14)18(26)12-6-5-7-13(21)15(12)22/h5-7,10-11,16,18H,4,8-9H2,1-3H3,(H,23,24)(H,25,28)/t11-,16+,18-/m1/s1. The van der Waals surface area contributed by atoms with Gasteiger partial charge in [-0.3, -0.25) is 0 Å². The fourth-order valence-corrected chi connectivity index (χ4v) is 3.97. The Balaban J connectivity index is 1.97. The van der Waals surface area contributed by atoms with E-state index in [1.807, 2.05) is 19.9 Å². The van der Waals surface area contributed by atoms with Crippen LogP contribution in [0.4, 0.5) is 4.79 Å². The van der Waals surface area contributed by atoms with Crippen molar-refractivity contribution in [2.24, 2.45) is 5.92 Å². The summed E-state index contributed by atoms with van der Waals surface area (Å²) in [6, 6.07) is 3.67. The zero-order valence-corrected chi connectivity index (χ0v) is 18.0. The second kappa shape index (κ2) is 9.05. The highest BCUT2D eigenvalue weighted by atomic mass is 35.5. The van der Waals surface area contributed by atoms with Gasteiger partial charge in [-0.2, -0.15) is 0 Å². The molecule has 0 saturated carbocycles. The Labute approximate surface area is 179 Å². The summed E-state index contributed by atoms with van der Waals surface area (Å²) in [6.07, 6.45) is 2.94. The number of imidazole rings is 1. The number of halogens is 2. The van der Waals surface area contributed by atoms with Crippen molar-refractivity contribution >= 4 is 35.2 Å². The minimum Gasteiger partial charge on any atom is -0.467 e. The van der Waals surface area contributed by atoms with Crippen LogP contribution in [-0.2, 0) is 16.0 Å². The van der Waals surface area contributed by atoms with Crippen molar-refractivity contribution in [1.29, 1.82) is 0 Å². The lowest BCUT2D eigenvalue weighted by molar-refractivity contribution is -0.144. The molecule has 1 aliphatic heterocycles. The maximum Gasteiger partial charge on any atom is 0.328 e. The van der Waals surface area contributed by atoms with Gasteiger partial charge in [-0.1, -0.05) is 55.6 Å². The molecule has 7 nitrogen and oxygen atoms in total. The number of urea groups is 1. The minimum atomic E-state index is -0.742. The molecule has 2 aromatic rings. The van der Waals surface area contributed by atoms with Crippen LogP contribution in [0.5, 0.6) is 0 Å². The molecule has 1 aromatic carbocycles. The molecular formula is C20H24Cl2N4O3. The van der Waals surface area contributed by atoms with Crippen molar-refractivity contribution in [3.05, 3.63) is 51.5 Å². The molecule has 0 saturated heterocycles. The number of H-pyrrole nitrogens is 1. The molecule has 2 N–H and O–H groups in total. The van der Waals surface area contributed by atoms with Crippen LogP contribution in [0.25, 0.3) is 0 Å². The van der Waals surface area contributed by atoms with E-state index in [1.165, 1.54) is 7.11 Å². The highest BCUT2D eigenvalue weighted by Crippen LogP contribution is 2.39. The van der Waals surface area contributed by atoms with Crippen molar-refractivity contribution in [1.82, 2.24) is 20.2 Å². The van der Waals surface area contributed by atoms with Crippen molar-refractivity contribution in [2.45, 2.75) is 38.8 Å². The number of fused-ring (bicyclic) bond motifs is 1. The average Bonchev–Trinajstić information content (AvgIpc) is 3.21. The van der Waals surface area contributed by atoms with E-state index in [0.29, 0.717) is 40.7 Å². The molecule has 1 aliphatic rings. The van der Waals surface area contributed by atoms with Crippen LogP contribution in [0.15, 0.2) is 24.5 Å².